The van der Waals surface area contributed by atoms with Crippen LogP contribution in [0.15, 0.2) is 12.2 Å². The largest absolute Gasteiger partial charge is 0.451 e. The molecule has 0 fully saturated rings. The zero-order valence-corrected chi connectivity index (χ0v) is 25.7. The Morgan fingerprint density at radius 3 is 1.82 bits per heavy atom. The Balaban J connectivity index is 5.61. The lowest BCUT2D eigenvalue weighted by molar-refractivity contribution is -0.163. The molecule has 0 radical (unpaired) electrons. The highest BCUT2D eigenvalue weighted by Crippen LogP contribution is 2.18. The number of nitrogens with one attached hydrogen (secondary N) is 2. The SMILES string of the molecule is CC[C@H](C)[C@@H](C(=O)O[C@@H](CC(C)C)C(=O)N[C@@H](CC(C)C)C(=O)N[C@@H](C)/C=C/C(=O)N(CC)CC)N(C)C. The van der Waals surface area contributed by atoms with Gasteiger partial charge in [-0.3, -0.25) is 24.1 Å². The molecule has 0 saturated carbocycles. The molecule has 9 heteroatoms. The third kappa shape index (κ3) is 12.9. The normalized spacial score (nSPS) is 15.7. The Morgan fingerprint density at radius 1 is 0.816 bits per heavy atom. The zero-order valence-electron chi connectivity index (χ0n) is 25.7. The monoisotopic (exact) mass is 538 g/mol. The molecule has 0 unspecified atom stereocenters. The summed E-state index contributed by atoms with van der Waals surface area (Å²) in [5, 5.41) is 5.71. The predicted molar refractivity (Wildman–Crippen MR) is 152 cm³/mol. The quantitative estimate of drug-likeness (QED) is 0.217. The van der Waals surface area contributed by atoms with E-state index in [1.165, 1.54) is 6.08 Å². The molecule has 0 rings (SSSR count). The first-order valence-electron chi connectivity index (χ1n) is 14.1. The van der Waals surface area contributed by atoms with Gasteiger partial charge in [-0.05, 0) is 65.5 Å². The van der Waals surface area contributed by atoms with E-state index in [1.54, 1.807) is 17.9 Å². The molecule has 0 heterocycles. The van der Waals surface area contributed by atoms with E-state index in [9.17, 15) is 19.2 Å². The summed E-state index contributed by atoms with van der Waals surface area (Å²) in [5.74, 6) is -1.08. The molecule has 220 valence electrons. The molecule has 0 aromatic carbocycles. The molecular weight excluding hydrogens is 484 g/mol. The number of hydrogen-bond acceptors (Lipinski definition) is 6. The molecule has 0 bridgehead atoms. The third-order valence-electron chi connectivity index (χ3n) is 6.53. The van der Waals surface area contributed by atoms with Crippen molar-refractivity contribution in [2.45, 2.75) is 106 Å². The third-order valence-corrected chi connectivity index (χ3v) is 6.53. The minimum absolute atomic E-state index is 0.0582. The van der Waals surface area contributed by atoms with Gasteiger partial charge in [-0.25, -0.2) is 0 Å². The number of rotatable bonds is 17. The van der Waals surface area contributed by atoms with Crippen LogP contribution in [0.5, 0.6) is 0 Å². The van der Waals surface area contributed by atoms with Crippen LogP contribution in [-0.4, -0.2) is 84.9 Å². The van der Waals surface area contributed by atoms with Gasteiger partial charge in [0.2, 0.25) is 11.8 Å². The minimum Gasteiger partial charge on any atom is -0.451 e. The second-order valence-corrected chi connectivity index (χ2v) is 11.2. The number of carbonyl (C=O) groups is 4. The summed E-state index contributed by atoms with van der Waals surface area (Å²) in [6, 6.07) is -1.68. The molecular formula is C29H54N4O5. The van der Waals surface area contributed by atoms with Gasteiger partial charge in [-0.15, -0.1) is 0 Å². The summed E-state index contributed by atoms with van der Waals surface area (Å²) in [6.07, 6.45) is 3.67. The molecule has 0 aromatic rings. The topological polar surface area (TPSA) is 108 Å². The molecule has 0 aromatic heterocycles. The van der Waals surface area contributed by atoms with E-state index in [4.69, 9.17) is 4.74 Å². The van der Waals surface area contributed by atoms with E-state index >= 15 is 0 Å². The molecule has 0 spiro atoms. The second kappa shape index (κ2) is 18.0. The number of hydrogen-bond donors (Lipinski definition) is 2. The Bertz CT molecular complexity index is 777. The summed E-state index contributed by atoms with van der Waals surface area (Å²) in [4.78, 5) is 55.3. The molecule has 5 atom stereocenters. The Kier molecular flexibility index (Phi) is 16.8. The van der Waals surface area contributed by atoms with Crippen LogP contribution in [0.3, 0.4) is 0 Å². The number of likely N-dealkylation sites (N-methyl/N-ethyl adjacent to an activating group) is 2. The number of nitrogens with zero attached hydrogens (tertiary/aromatic N) is 2. The molecule has 9 nitrogen and oxygen atoms in total. The Hall–Kier alpha value is -2.42. The molecule has 2 N–H and O–H groups in total. The molecule has 3 amide bonds. The van der Waals surface area contributed by atoms with Crippen molar-refractivity contribution in [2.75, 3.05) is 27.2 Å². The highest BCUT2D eigenvalue weighted by Gasteiger charge is 2.34. The van der Waals surface area contributed by atoms with Crippen molar-refractivity contribution in [2.24, 2.45) is 17.8 Å². The molecule has 0 saturated heterocycles. The molecule has 0 aliphatic heterocycles. The maximum Gasteiger partial charge on any atom is 0.324 e. The fourth-order valence-corrected chi connectivity index (χ4v) is 4.23. The van der Waals surface area contributed by atoms with Gasteiger partial charge in [0.15, 0.2) is 6.10 Å². The van der Waals surface area contributed by atoms with Crippen LogP contribution in [-0.2, 0) is 23.9 Å². The van der Waals surface area contributed by atoms with Gasteiger partial charge in [-0.2, -0.15) is 0 Å². The predicted octanol–water partition coefficient (Wildman–Crippen LogP) is 3.38. The van der Waals surface area contributed by atoms with Gasteiger partial charge in [0.25, 0.3) is 5.91 Å². The van der Waals surface area contributed by atoms with E-state index in [1.807, 2.05) is 74.4 Å². The van der Waals surface area contributed by atoms with Crippen LogP contribution in [0.25, 0.3) is 0 Å². The first-order valence-corrected chi connectivity index (χ1v) is 14.1. The number of ether oxygens (including phenoxy) is 1. The summed E-state index contributed by atoms with van der Waals surface area (Å²) >= 11 is 0. The Labute approximate surface area is 231 Å². The average Bonchev–Trinajstić information content (AvgIpc) is 2.81. The van der Waals surface area contributed by atoms with E-state index in [-0.39, 0.29) is 29.6 Å². The Morgan fingerprint density at radius 2 is 1.37 bits per heavy atom. The number of carbonyl (C=O) groups excluding carboxylic acids is 4. The summed E-state index contributed by atoms with van der Waals surface area (Å²) in [7, 11) is 3.65. The zero-order chi connectivity index (χ0) is 29.6. The lowest BCUT2D eigenvalue weighted by atomic mass is 9.98. The summed E-state index contributed by atoms with van der Waals surface area (Å²) in [5.41, 5.74) is 0. The maximum atomic E-state index is 13.3. The van der Waals surface area contributed by atoms with E-state index < -0.39 is 36.1 Å². The highest BCUT2D eigenvalue weighted by atomic mass is 16.5. The van der Waals surface area contributed by atoms with Crippen LogP contribution in [0.2, 0.25) is 0 Å². The van der Waals surface area contributed by atoms with Gasteiger partial charge in [0.1, 0.15) is 12.1 Å². The number of amides is 3. The van der Waals surface area contributed by atoms with Crippen molar-refractivity contribution in [3.05, 3.63) is 12.2 Å². The van der Waals surface area contributed by atoms with Crippen molar-refractivity contribution >= 4 is 23.7 Å². The van der Waals surface area contributed by atoms with Crippen molar-refractivity contribution in [1.82, 2.24) is 20.4 Å². The minimum atomic E-state index is -1.000. The fraction of sp³-hybridized carbons (Fsp3) is 0.793. The van der Waals surface area contributed by atoms with Crippen LogP contribution >= 0.6 is 0 Å². The molecule has 0 aliphatic rings. The van der Waals surface area contributed by atoms with Gasteiger partial charge in [0.05, 0.1) is 0 Å². The van der Waals surface area contributed by atoms with Crippen molar-refractivity contribution < 1.29 is 23.9 Å². The standard InChI is InChI=1S/C29H54N4O5/c1-12-21(8)26(32(10)11)29(37)38-24(18-20(6)7)28(36)31-23(17-19(4)5)27(35)30-22(9)15-16-25(34)33(13-2)14-3/h15-16,19-24,26H,12-14,17-18H2,1-11H3,(H,30,35)(H,31,36)/b16-15+/t21-,22-,23-,24-,26-/m0/s1. The first kappa shape index (κ1) is 35.6. The van der Waals surface area contributed by atoms with Gasteiger partial charge < -0.3 is 20.3 Å². The lowest BCUT2D eigenvalue weighted by Gasteiger charge is -2.30. The van der Waals surface area contributed by atoms with Crippen LogP contribution in [0, 0.1) is 17.8 Å². The van der Waals surface area contributed by atoms with Crippen LogP contribution < -0.4 is 10.6 Å². The van der Waals surface area contributed by atoms with Gasteiger partial charge in [-0.1, -0.05) is 54.0 Å². The van der Waals surface area contributed by atoms with E-state index in [2.05, 4.69) is 10.6 Å². The summed E-state index contributed by atoms with van der Waals surface area (Å²) in [6.45, 7) is 18.7. The second-order valence-electron chi connectivity index (χ2n) is 11.2. The lowest BCUT2D eigenvalue weighted by Crippen LogP contribution is -2.53. The molecule has 38 heavy (non-hydrogen) atoms. The van der Waals surface area contributed by atoms with Gasteiger partial charge >= 0.3 is 5.97 Å². The average molecular weight is 539 g/mol. The van der Waals surface area contributed by atoms with Gasteiger partial charge in [0, 0.05) is 25.2 Å². The summed E-state index contributed by atoms with van der Waals surface area (Å²) < 4.78 is 5.77. The van der Waals surface area contributed by atoms with E-state index in [0.29, 0.717) is 25.9 Å². The van der Waals surface area contributed by atoms with Crippen LogP contribution in [0.4, 0.5) is 0 Å². The van der Waals surface area contributed by atoms with Crippen molar-refractivity contribution in [3.63, 3.8) is 0 Å². The van der Waals surface area contributed by atoms with Crippen molar-refractivity contribution in [3.8, 4) is 0 Å². The smallest absolute Gasteiger partial charge is 0.324 e. The highest BCUT2D eigenvalue weighted by molar-refractivity contribution is 5.91. The first-order chi connectivity index (χ1) is 17.7. The fourth-order valence-electron chi connectivity index (χ4n) is 4.23. The van der Waals surface area contributed by atoms with Crippen LogP contribution in [0.1, 0.15) is 81.6 Å². The molecule has 0 aliphatic carbocycles. The number of esters is 1. The maximum absolute atomic E-state index is 13.3. The van der Waals surface area contributed by atoms with Crippen molar-refractivity contribution in [1.29, 1.82) is 0 Å². The van der Waals surface area contributed by atoms with E-state index in [0.717, 1.165) is 6.42 Å².